The molecule has 0 saturated heterocycles. The number of ether oxygens (including phenoxy) is 1. The van der Waals surface area contributed by atoms with Crippen molar-refractivity contribution in [3.8, 4) is 5.75 Å². The van der Waals surface area contributed by atoms with Crippen molar-refractivity contribution in [1.29, 1.82) is 0 Å². The molecule has 0 spiro atoms. The molecule has 41 heavy (non-hydrogen) atoms. The first kappa shape index (κ1) is 30.9. The van der Waals surface area contributed by atoms with Crippen LogP contribution in [0.2, 0.25) is 0 Å². The van der Waals surface area contributed by atoms with Crippen LogP contribution in [-0.4, -0.2) is 56.0 Å². The molecule has 1 aliphatic carbocycles. The number of fused-ring (bicyclic) bond motifs is 1. The van der Waals surface area contributed by atoms with Crippen molar-refractivity contribution in [2.24, 2.45) is 5.41 Å². The molecule has 15 heteroatoms. The van der Waals surface area contributed by atoms with Gasteiger partial charge in [-0.05, 0) is 44.4 Å². The molecule has 2 aromatic rings. The number of rotatable bonds is 9. The molecule has 2 aliphatic rings. The zero-order valence-electron chi connectivity index (χ0n) is 21.9. The van der Waals surface area contributed by atoms with Gasteiger partial charge in [0.1, 0.15) is 22.7 Å². The van der Waals surface area contributed by atoms with E-state index in [4.69, 9.17) is 4.74 Å². The maximum Gasteiger partial charge on any atom is 0.420 e. The molecule has 1 atom stereocenters. The Hall–Kier alpha value is -3.07. The van der Waals surface area contributed by atoms with Crippen LogP contribution in [0.5, 0.6) is 5.75 Å². The summed E-state index contributed by atoms with van der Waals surface area (Å²) < 4.78 is 131. The molecule has 0 amide bonds. The lowest BCUT2D eigenvalue weighted by Gasteiger charge is -2.30. The number of carbonyl (C=O) groups is 1. The maximum atomic E-state index is 14.3. The third-order valence-corrected chi connectivity index (χ3v) is 9.32. The van der Waals surface area contributed by atoms with E-state index in [-0.39, 0.29) is 18.5 Å². The van der Waals surface area contributed by atoms with Gasteiger partial charge in [0.25, 0.3) is 6.43 Å². The minimum atomic E-state index is -5.09. The van der Waals surface area contributed by atoms with Gasteiger partial charge in [0.2, 0.25) is 15.9 Å². The molecule has 1 heterocycles. The molecule has 7 nitrogen and oxygen atoms in total. The van der Waals surface area contributed by atoms with Crippen LogP contribution in [0.4, 0.5) is 42.1 Å². The van der Waals surface area contributed by atoms with Gasteiger partial charge in [0.15, 0.2) is 0 Å². The van der Waals surface area contributed by atoms with Crippen molar-refractivity contribution in [3.05, 3.63) is 47.5 Å². The summed E-state index contributed by atoms with van der Waals surface area (Å²) in [5, 5.41) is 9.40. The molecule has 226 valence electrons. The minimum absolute atomic E-state index is 0.0765. The van der Waals surface area contributed by atoms with Gasteiger partial charge < -0.3 is 14.7 Å². The Morgan fingerprint density at radius 1 is 1.15 bits per heavy atom. The molecule has 2 aromatic carbocycles. The van der Waals surface area contributed by atoms with E-state index in [2.05, 4.69) is 0 Å². The molecule has 0 unspecified atom stereocenters. The fraction of sp³-hybridized carbons (Fsp3) is 0.500. The number of halogens is 7. The average molecular weight is 613 g/mol. The van der Waals surface area contributed by atoms with Crippen molar-refractivity contribution in [1.82, 2.24) is 4.31 Å². The van der Waals surface area contributed by atoms with Gasteiger partial charge in [-0.3, -0.25) is 4.79 Å². The summed E-state index contributed by atoms with van der Waals surface area (Å²) in [4.78, 5) is 11.9. The van der Waals surface area contributed by atoms with E-state index in [1.54, 1.807) is 0 Å². The largest absolute Gasteiger partial charge is 0.492 e. The van der Waals surface area contributed by atoms with E-state index >= 15 is 0 Å². The smallest absolute Gasteiger partial charge is 0.420 e. The van der Waals surface area contributed by atoms with Gasteiger partial charge in [-0.15, -0.1) is 0 Å². The number of alkyl halides is 7. The Kier molecular flexibility index (Phi) is 8.02. The van der Waals surface area contributed by atoms with E-state index in [0.717, 1.165) is 28.4 Å². The van der Waals surface area contributed by atoms with Gasteiger partial charge >= 0.3 is 12.1 Å². The summed E-state index contributed by atoms with van der Waals surface area (Å²) >= 11 is 0. The summed E-state index contributed by atoms with van der Waals surface area (Å²) in [6.45, 7) is -0.431. The molecule has 0 aromatic heterocycles. The molecule has 0 bridgehead atoms. The van der Waals surface area contributed by atoms with E-state index in [9.17, 15) is 49.1 Å². The summed E-state index contributed by atoms with van der Waals surface area (Å²) in [6, 6.07) is 4.52. The molecule has 4 rings (SSSR count). The van der Waals surface area contributed by atoms with Crippen LogP contribution in [0.3, 0.4) is 0 Å². The molecule has 1 fully saturated rings. The van der Waals surface area contributed by atoms with Crippen LogP contribution in [0.15, 0.2) is 41.3 Å². The molecule has 1 saturated carbocycles. The van der Waals surface area contributed by atoms with Crippen molar-refractivity contribution in [2.45, 2.75) is 62.1 Å². The average Bonchev–Trinajstić information content (AvgIpc) is 3.67. The summed E-state index contributed by atoms with van der Waals surface area (Å²) in [7, 11) is -3.55. The molecule has 1 aliphatic heterocycles. The lowest BCUT2D eigenvalue weighted by atomic mass is 10.1. The van der Waals surface area contributed by atoms with Crippen LogP contribution in [0.25, 0.3) is 0 Å². The molecule has 0 radical (unpaired) electrons. The van der Waals surface area contributed by atoms with Crippen molar-refractivity contribution >= 4 is 27.4 Å². The van der Waals surface area contributed by atoms with Crippen LogP contribution in [0.1, 0.15) is 50.2 Å². The maximum absolute atomic E-state index is 14.3. The highest BCUT2D eigenvalue weighted by Gasteiger charge is 2.52. The lowest BCUT2D eigenvalue weighted by molar-refractivity contribution is -0.144. The SMILES string of the molecule is CN1[C@H](CCC(C)(F)F)CN(c2cccc(C(F)F)c2)c2cc(C(F)(F)F)c(OCC3(C(=O)O)CC3)cc2S1(=O)=O. The van der Waals surface area contributed by atoms with Crippen LogP contribution < -0.4 is 9.64 Å². The number of benzene rings is 2. The van der Waals surface area contributed by atoms with Gasteiger partial charge in [0.05, 0.1) is 11.3 Å². The monoisotopic (exact) mass is 612 g/mol. The highest BCUT2D eigenvalue weighted by atomic mass is 32.2. The third-order valence-electron chi connectivity index (χ3n) is 7.38. The highest BCUT2D eigenvalue weighted by molar-refractivity contribution is 7.89. The van der Waals surface area contributed by atoms with Crippen molar-refractivity contribution < 1.29 is 53.8 Å². The predicted molar refractivity (Wildman–Crippen MR) is 133 cm³/mol. The van der Waals surface area contributed by atoms with E-state index < -0.39 is 99.4 Å². The van der Waals surface area contributed by atoms with E-state index in [1.807, 2.05) is 0 Å². The normalized spacial score (nSPS) is 20.4. The van der Waals surface area contributed by atoms with Crippen molar-refractivity contribution in [3.63, 3.8) is 0 Å². The van der Waals surface area contributed by atoms with Gasteiger partial charge in [-0.25, -0.2) is 26.0 Å². The summed E-state index contributed by atoms with van der Waals surface area (Å²) in [5.74, 6) is -5.38. The number of hydrogen-bond acceptors (Lipinski definition) is 5. The first-order valence-electron chi connectivity index (χ1n) is 12.5. The minimum Gasteiger partial charge on any atom is -0.492 e. The number of anilines is 2. The first-order chi connectivity index (χ1) is 18.9. The summed E-state index contributed by atoms with van der Waals surface area (Å²) in [5.41, 5.74) is -3.89. The van der Waals surface area contributed by atoms with Gasteiger partial charge in [0, 0.05) is 43.4 Å². The fourth-order valence-electron chi connectivity index (χ4n) is 4.64. The number of hydrogen-bond donors (Lipinski definition) is 1. The Balaban J connectivity index is 1.91. The number of nitrogens with zero attached hydrogens (tertiary/aromatic N) is 2. The topological polar surface area (TPSA) is 87.2 Å². The summed E-state index contributed by atoms with van der Waals surface area (Å²) in [6.07, 6.45) is -8.87. The molecule has 1 N–H and O–H groups in total. The van der Waals surface area contributed by atoms with Crippen LogP contribution >= 0.6 is 0 Å². The Bertz CT molecular complexity index is 1420. The number of aliphatic carboxylic acids is 1. The second-order valence-electron chi connectivity index (χ2n) is 10.5. The van der Waals surface area contributed by atoms with Crippen LogP contribution in [0, 0.1) is 5.41 Å². The second kappa shape index (κ2) is 10.6. The van der Waals surface area contributed by atoms with Gasteiger partial charge in [-0.1, -0.05) is 12.1 Å². The van der Waals surface area contributed by atoms with E-state index in [1.165, 1.54) is 12.1 Å². The number of carboxylic acids is 1. The highest BCUT2D eigenvalue weighted by Crippen LogP contribution is 2.49. The fourth-order valence-corrected chi connectivity index (χ4v) is 6.20. The predicted octanol–water partition coefficient (Wildman–Crippen LogP) is 6.46. The standard InChI is InChI=1S/C26H27F7N2O5S/c1-24(29,30)7-6-17-13-35(16-5-3-4-15(10-16)22(27)28)19-11-18(26(31,32)33)20(12-21(19)41(38,39)34(17)2)40-14-25(8-9-25)23(36)37/h3-5,10-12,17,22H,6-9,13-14H2,1-2H3,(H,36,37)/t17-/m1/s1. The van der Waals surface area contributed by atoms with E-state index in [0.29, 0.717) is 19.1 Å². The second-order valence-corrected chi connectivity index (χ2v) is 12.4. The number of sulfonamides is 1. The van der Waals surface area contributed by atoms with Gasteiger partial charge in [-0.2, -0.15) is 17.5 Å². The number of carboxylic acid groups (broad SMARTS) is 1. The first-order valence-corrected chi connectivity index (χ1v) is 13.9. The zero-order chi connectivity index (χ0) is 30.5. The lowest BCUT2D eigenvalue weighted by Crippen LogP contribution is -2.41. The van der Waals surface area contributed by atoms with Crippen molar-refractivity contribution in [2.75, 3.05) is 25.1 Å². The molecular formula is C26H27F7N2O5S. The Morgan fingerprint density at radius 2 is 1.80 bits per heavy atom. The Labute approximate surface area is 231 Å². The molecular weight excluding hydrogens is 585 g/mol. The quantitative estimate of drug-likeness (QED) is 0.327. The zero-order valence-corrected chi connectivity index (χ0v) is 22.7. The Morgan fingerprint density at radius 3 is 2.34 bits per heavy atom. The number of likely N-dealkylation sites (N-methyl/N-ethyl adjacent to an activating group) is 1. The third kappa shape index (κ3) is 6.40. The van der Waals surface area contributed by atoms with Crippen LogP contribution in [-0.2, 0) is 21.0 Å².